The van der Waals surface area contributed by atoms with E-state index >= 15 is 0 Å². The molecule has 7 heteroatoms. The van der Waals surface area contributed by atoms with Gasteiger partial charge >= 0.3 is 0 Å². The lowest BCUT2D eigenvalue weighted by atomic mass is 10.2. The summed E-state index contributed by atoms with van der Waals surface area (Å²) in [6, 6.07) is 7.26. The fraction of sp³-hybridized carbons (Fsp3) is 0.444. The summed E-state index contributed by atoms with van der Waals surface area (Å²) in [5.74, 6) is 0.348. The Morgan fingerprint density at radius 3 is 2.84 bits per heavy atom. The highest BCUT2D eigenvalue weighted by Crippen LogP contribution is 2.25. The van der Waals surface area contributed by atoms with Gasteiger partial charge in [0, 0.05) is 51.2 Å². The quantitative estimate of drug-likeness (QED) is 0.884. The van der Waals surface area contributed by atoms with Crippen LogP contribution in [0, 0.1) is 12.7 Å². The van der Waals surface area contributed by atoms with E-state index in [9.17, 15) is 4.39 Å². The summed E-state index contributed by atoms with van der Waals surface area (Å²) < 4.78 is 13.3. The van der Waals surface area contributed by atoms with Crippen LogP contribution in [0.2, 0.25) is 5.02 Å². The molecule has 1 aromatic carbocycles. The van der Waals surface area contributed by atoms with E-state index in [4.69, 9.17) is 11.6 Å². The summed E-state index contributed by atoms with van der Waals surface area (Å²) in [5.41, 5.74) is 2.91. The van der Waals surface area contributed by atoms with Gasteiger partial charge in [-0.3, -0.25) is 0 Å². The Bertz CT molecular complexity index is 752. The molecule has 3 rings (SSSR count). The van der Waals surface area contributed by atoms with Crippen LogP contribution < -0.4 is 15.1 Å². The lowest BCUT2D eigenvalue weighted by Gasteiger charge is -2.19. The molecule has 5 nitrogen and oxygen atoms in total. The lowest BCUT2D eigenvalue weighted by Crippen LogP contribution is -2.32. The van der Waals surface area contributed by atoms with Crippen LogP contribution in [0.3, 0.4) is 0 Å². The van der Waals surface area contributed by atoms with Gasteiger partial charge in [-0.25, -0.2) is 14.4 Å². The number of hydrogen-bond acceptors (Lipinski definition) is 5. The standard InChI is InChI=1S/C18H23ClFN5/c1-12-8-14(23-18(22-12)24(2)3)10-21-13-6-7-25(11-13)15-4-5-17(20)16(19)9-15/h4-5,8-9,13,21H,6-7,10-11H2,1-3H3/t13-/m1/s1. The largest absolute Gasteiger partial charge is 0.370 e. The normalized spacial score (nSPS) is 17.2. The fourth-order valence-electron chi connectivity index (χ4n) is 3.00. The summed E-state index contributed by atoms with van der Waals surface area (Å²) in [6.45, 7) is 4.47. The molecule has 0 spiro atoms. The van der Waals surface area contributed by atoms with E-state index in [0.717, 1.165) is 42.5 Å². The number of anilines is 2. The average Bonchev–Trinajstić information content (AvgIpc) is 3.04. The topological polar surface area (TPSA) is 44.3 Å². The predicted molar refractivity (Wildman–Crippen MR) is 100.0 cm³/mol. The number of aryl methyl sites for hydroxylation is 1. The molecule has 2 heterocycles. The van der Waals surface area contributed by atoms with Gasteiger partial charge in [0.05, 0.1) is 10.7 Å². The van der Waals surface area contributed by atoms with E-state index in [1.54, 1.807) is 12.1 Å². The molecular formula is C18H23ClFN5. The summed E-state index contributed by atoms with van der Waals surface area (Å²) in [5, 5.41) is 3.73. The van der Waals surface area contributed by atoms with Crippen molar-refractivity contribution >= 4 is 23.2 Å². The number of benzene rings is 1. The Morgan fingerprint density at radius 1 is 1.32 bits per heavy atom. The first-order valence-corrected chi connectivity index (χ1v) is 8.75. The van der Waals surface area contributed by atoms with E-state index in [-0.39, 0.29) is 10.8 Å². The van der Waals surface area contributed by atoms with Crippen molar-refractivity contribution in [1.29, 1.82) is 0 Å². The molecule has 1 atom stereocenters. The van der Waals surface area contributed by atoms with Crippen LogP contribution in [-0.4, -0.2) is 43.2 Å². The summed E-state index contributed by atoms with van der Waals surface area (Å²) in [7, 11) is 3.88. The maximum atomic E-state index is 13.3. The minimum atomic E-state index is -0.380. The highest BCUT2D eigenvalue weighted by molar-refractivity contribution is 6.31. The average molecular weight is 364 g/mol. The van der Waals surface area contributed by atoms with Gasteiger partial charge < -0.3 is 15.1 Å². The van der Waals surface area contributed by atoms with Crippen molar-refractivity contribution in [3.05, 3.63) is 46.5 Å². The summed E-state index contributed by atoms with van der Waals surface area (Å²) >= 11 is 5.89. The minimum absolute atomic E-state index is 0.168. The van der Waals surface area contributed by atoms with Gasteiger partial charge in [-0.2, -0.15) is 0 Å². The van der Waals surface area contributed by atoms with Gasteiger partial charge in [0.1, 0.15) is 5.82 Å². The van der Waals surface area contributed by atoms with Crippen molar-refractivity contribution in [2.24, 2.45) is 0 Å². The second-order valence-electron chi connectivity index (χ2n) is 6.61. The number of nitrogens with zero attached hydrogens (tertiary/aromatic N) is 4. The Morgan fingerprint density at radius 2 is 2.12 bits per heavy atom. The molecule has 1 aliphatic rings. The molecule has 1 aliphatic heterocycles. The Hall–Kier alpha value is -1.92. The van der Waals surface area contributed by atoms with Gasteiger partial charge in [0.2, 0.25) is 5.95 Å². The van der Waals surface area contributed by atoms with Crippen LogP contribution >= 0.6 is 11.6 Å². The first kappa shape index (κ1) is 17.9. The van der Waals surface area contributed by atoms with E-state index in [2.05, 4.69) is 20.2 Å². The second kappa shape index (κ2) is 7.54. The SMILES string of the molecule is Cc1cc(CN[C@@H]2CCN(c3ccc(F)c(Cl)c3)C2)nc(N(C)C)n1. The van der Waals surface area contributed by atoms with E-state index in [1.807, 2.05) is 32.0 Å². The van der Waals surface area contributed by atoms with Crippen molar-refractivity contribution in [2.75, 3.05) is 37.0 Å². The first-order chi connectivity index (χ1) is 11.9. The highest BCUT2D eigenvalue weighted by Gasteiger charge is 2.23. The Balaban J connectivity index is 1.59. The molecule has 0 aliphatic carbocycles. The van der Waals surface area contributed by atoms with E-state index < -0.39 is 0 Å². The molecule has 0 saturated carbocycles. The third-order valence-corrected chi connectivity index (χ3v) is 4.61. The molecule has 1 saturated heterocycles. The summed E-state index contributed by atoms with van der Waals surface area (Å²) in [6.07, 6.45) is 1.03. The number of halogens is 2. The lowest BCUT2D eigenvalue weighted by molar-refractivity contribution is 0.545. The van der Waals surface area contributed by atoms with Crippen LogP contribution in [0.15, 0.2) is 24.3 Å². The molecule has 0 radical (unpaired) electrons. The molecular weight excluding hydrogens is 341 g/mol. The van der Waals surface area contributed by atoms with Crippen molar-refractivity contribution in [3.63, 3.8) is 0 Å². The predicted octanol–water partition coefficient (Wildman–Crippen LogP) is 3.01. The third-order valence-electron chi connectivity index (χ3n) is 4.32. The smallest absolute Gasteiger partial charge is 0.225 e. The summed E-state index contributed by atoms with van der Waals surface area (Å²) in [4.78, 5) is 13.1. The van der Waals surface area contributed by atoms with Gasteiger partial charge in [-0.1, -0.05) is 11.6 Å². The molecule has 25 heavy (non-hydrogen) atoms. The van der Waals surface area contributed by atoms with Crippen LogP contribution in [0.4, 0.5) is 16.0 Å². The number of aromatic nitrogens is 2. The molecule has 1 N–H and O–H groups in total. The van der Waals surface area contributed by atoms with E-state index in [0.29, 0.717) is 12.6 Å². The number of hydrogen-bond donors (Lipinski definition) is 1. The van der Waals surface area contributed by atoms with Crippen LogP contribution in [-0.2, 0) is 6.54 Å². The molecule has 0 unspecified atom stereocenters. The van der Waals surface area contributed by atoms with Crippen LogP contribution in [0.5, 0.6) is 0 Å². The van der Waals surface area contributed by atoms with Crippen LogP contribution in [0.25, 0.3) is 0 Å². The van der Waals surface area contributed by atoms with Gasteiger partial charge in [-0.15, -0.1) is 0 Å². The van der Waals surface area contributed by atoms with Crippen molar-refractivity contribution in [2.45, 2.75) is 25.9 Å². The first-order valence-electron chi connectivity index (χ1n) is 8.37. The Labute approximate surface area is 152 Å². The zero-order valence-corrected chi connectivity index (χ0v) is 15.5. The van der Waals surface area contributed by atoms with E-state index in [1.165, 1.54) is 6.07 Å². The van der Waals surface area contributed by atoms with Gasteiger partial charge in [0.25, 0.3) is 0 Å². The molecule has 134 valence electrons. The zero-order valence-electron chi connectivity index (χ0n) is 14.8. The molecule has 1 fully saturated rings. The van der Waals surface area contributed by atoms with Crippen LogP contribution in [0.1, 0.15) is 17.8 Å². The number of rotatable bonds is 5. The Kier molecular flexibility index (Phi) is 5.39. The highest BCUT2D eigenvalue weighted by atomic mass is 35.5. The van der Waals surface area contributed by atoms with Crippen molar-refractivity contribution in [1.82, 2.24) is 15.3 Å². The molecule has 2 aromatic rings. The van der Waals surface area contributed by atoms with Crippen molar-refractivity contribution in [3.8, 4) is 0 Å². The minimum Gasteiger partial charge on any atom is -0.370 e. The zero-order chi connectivity index (χ0) is 18.0. The molecule has 1 aromatic heterocycles. The molecule has 0 amide bonds. The third kappa shape index (κ3) is 4.38. The number of nitrogens with one attached hydrogen (secondary N) is 1. The van der Waals surface area contributed by atoms with Gasteiger partial charge in [0.15, 0.2) is 0 Å². The van der Waals surface area contributed by atoms with Crippen molar-refractivity contribution < 1.29 is 4.39 Å². The van der Waals surface area contributed by atoms with Gasteiger partial charge in [-0.05, 0) is 37.6 Å². The monoisotopic (exact) mass is 363 g/mol. The maximum absolute atomic E-state index is 13.3. The second-order valence-corrected chi connectivity index (χ2v) is 7.01. The fourth-order valence-corrected chi connectivity index (χ4v) is 3.17. The molecule has 0 bridgehead atoms. The maximum Gasteiger partial charge on any atom is 0.225 e.